The van der Waals surface area contributed by atoms with Gasteiger partial charge in [0.25, 0.3) is 6.71 Å². The first-order valence-electron chi connectivity index (χ1n) is 27.7. The summed E-state index contributed by atoms with van der Waals surface area (Å²) in [6.45, 7) is 14.6. The number of rotatable bonds is 7. The monoisotopic (exact) mass is 1020 g/mol. The minimum atomic E-state index is -0.173. The molecule has 4 aliphatic rings. The second-order valence-electron chi connectivity index (χ2n) is 23.3. The quantitative estimate of drug-likeness (QED) is 0.148. The van der Waals surface area contributed by atoms with Crippen molar-refractivity contribution in [2.45, 2.75) is 52.4 Å². The molecule has 0 radical (unpaired) electrons. The number of hydrogen-bond donors (Lipinski definition) is 0. The molecule has 0 N–H and O–H groups in total. The van der Waals surface area contributed by atoms with Gasteiger partial charge in [-0.1, -0.05) is 144 Å². The topological polar surface area (TPSA) is 41.3 Å². The van der Waals surface area contributed by atoms with Crippen LogP contribution in [0.4, 0.5) is 51.2 Å². The van der Waals surface area contributed by atoms with Gasteiger partial charge in [-0.25, -0.2) is 0 Å². The summed E-state index contributed by atoms with van der Waals surface area (Å²) < 4.78 is 19.7. The van der Waals surface area contributed by atoms with E-state index in [2.05, 4.69) is 269 Å². The van der Waals surface area contributed by atoms with E-state index in [1.807, 2.05) is 6.07 Å². The Morgan fingerprint density at radius 3 is 1.84 bits per heavy atom. The molecule has 0 bridgehead atoms. The fourth-order valence-electron chi connectivity index (χ4n) is 13.1. The summed E-state index contributed by atoms with van der Waals surface area (Å²) in [6.07, 6.45) is 0. The smallest absolute Gasteiger partial charge is 0.252 e. The van der Waals surface area contributed by atoms with Gasteiger partial charge in [0.2, 0.25) is 0 Å². The maximum absolute atomic E-state index is 6.83. The van der Waals surface area contributed by atoms with E-state index in [1.54, 1.807) is 0 Å². The molecule has 0 amide bonds. The van der Waals surface area contributed by atoms with Gasteiger partial charge < -0.3 is 28.6 Å². The summed E-state index contributed by atoms with van der Waals surface area (Å²) in [5.74, 6) is 2.35. The lowest BCUT2D eigenvalue weighted by atomic mass is 9.33. The van der Waals surface area contributed by atoms with E-state index in [-0.39, 0.29) is 17.5 Å². The van der Waals surface area contributed by atoms with Crippen molar-refractivity contribution in [2.24, 2.45) is 0 Å². The van der Waals surface area contributed by atoms with E-state index in [1.165, 1.54) is 38.7 Å². The van der Waals surface area contributed by atoms with Gasteiger partial charge in [-0.15, -0.1) is 0 Å². The highest BCUT2D eigenvalue weighted by Crippen LogP contribution is 2.52. The van der Waals surface area contributed by atoms with Crippen LogP contribution in [0.2, 0.25) is 0 Å². The first kappa shape index (κ1) is 47.1. The third-order valence-corrected chi connectivity index (χ3v) is 16.9. The average Bonchev–Trinajstić information content (AvgIpc) is 3.99. The van der Waals surface area contributed by atoms with Crippen LogP contribution >= 0.6 is 0 Å². The van der Waals surface area contributed by atoms with Crippen molar-refractivity contribution in [3.63, 3.8) is 0 Å². The van der Waals surface area contributed by atoms with Crippen LogP contribution in [0.25, 0.3) is 44.5 Å². The summed E-state index contributed by atoms with van der Waals surface area (Å²) in [5, 5.41) is 1.07. The van der Waals surface area contributed by atoms with Gasteiger partial charge in [0.05, 0.1) is 0 Å². The van der Waals surface area contributed by atoms with Crippen LogP contribution in [-0.4, -0.2) is 19.9 Å². The molecule has 79 heavy (non-hydrogen) atoms. The highest BCUT2D eigenvalue weighted by atomic mass is 16.6. The molecule has 3 aliphatic heterocycles. The van der Waals surface area contributed by atoms with Crippen molar-refractivity contribution < 1.29 is 13.9 Å². The van der Waals surface area contributed by atoms with Crippen LogP contribution in [0.5, 0.6) is 11.5 Å². The molecule has 7 heteroatoms. The molecular weight excluding hydrogens is 966 g/mol. The number of para-hydroxylation sites is 3. The van der Waals surface area contributed by atoms with Crippen LogP contribution in [0, 0.1) is 6.92 Å². The average molecular weight is 1020 g/mol. The van der Waals surface area contributed by atoms with Crippen LogP contribution in [0.15, 0.2) is 223 Å². The Bertz CT molecular complexity index is 4180. The zero-order valence-corrected chi connectivity index (χ0v) is 45.3. The SMILES string of the molecule is Cc1cc2c3c(c1)N(c1ccc(C(C)(C)C)cc1)c1cc4c(cc1B3c1ccc(N(c3ccccc3)c3ccccc3)cc1N2c1cc(-c2ccc3c(c2)C(C)(C)c2ccccc2-3)cc(-c2cc3ccccc3o2)c1)OCCO4. The van der Waals surface area contributed by atoms with Crippen molar-refractivity contribution in [3.05, 3.63) is 241 Å². The van der Waals surface area contributed by atoms with Gasteiger partial charge in [-0.05, 0) is 176 Å². The molecule has 0 atom stereocenters. The molecule has 1 aromatic heterocycles. The number of aryl methyl sites for hydroxylation is 1. The molecule has 0 saturated carbocycles. The van der Waals surface area contributed by atoms with Crippen molar-refractivity contribution in [1.29, 1.82) is 0 Å². The lowest BCUT2D eigenvalue weighted by Gasteiger charge is -2.45. The maximum atomic E-state index is 6.83. The Labute approximate surface area is 462 Å². The molecule has 382 valence electrons. The van der Waals surface area contributed by atoms with Crippen molar-refractivity contribution in [1.82, 2.24) is 0 Å². The molecule has 15 rings (SSSR count). The molecule has 1 aliphatic carbocycles. The number of ether oxygens (including phenoxy) is 2. The molecule has 10 aromatic carbocycles. The number of nitrogens with zero attached hydrogens (tertiary/aromatic N) is 3. The number of benzene rings is 10. The summed E-state index contributed by atoms with van der Waals surface area (Å²) in [6, 6.07) is 80.5. The zero-order valence-electron chi connectivity index (χ0n) is 45.3. The predicted octanol–water partition coefficient (Wildman–Crippen LogP) is 17.0. The van der Waals surface area contributed by atoms with Crippen LogP contribution in [-0.2, 0) is 10.8 Å². The zero-order chi connectivity index (χ0) is 53.3. The number of hydrogen-bond acceptors (Lipinski definition) is 6. The van der Waals surface area contributed by atoms with Gasteiger partial charge in [0.15, 0.2) is 11.5 Å². The van der Waals surface area contributed by atoms with Crippen LogP contribution < -0.4 is 40.6 Å². The number of fused-ring (bicyclic) bond motifs is 9. The molecule has 0 fully saturated rings. The summed E-state index contributed by atoms with van der Waals surface area (Å²) in [4.78, 5) is 7.38. The summed E-state index contributed by atoms with van der Waals surface area (Å²) in [5.41, 5.74) is 25.0. The lowest BCUT2D eigenvalue weighted by Crippen LogP contribution is -2.61. The molecule has 0 saturated heterocycles. The van der Waals surface area contributed by atoms with Gasteiger partial charge >= 0.3 is 0 Å². The van der Waals surface area contributed by atoms with Gasteiger partial charge in [-0.3, -0.25) is 0 Å². The van der Waals surface area contributed by atoms with E-state index in [0.717, 1.165) is 107 Å². The van der Waals surface area contributed by atoms with E-state index < -0.39 is 0 Å². The van der Waals surface area contributed by atoms with Crippen molar-refractivity contribution >= 4 is 85.3 Å². The standard InChI is InChI=1S/C72H58BN3O3/c1-45-35-64-70-65(36-45)76(55-38-48(37-49(39-55)67-41-47-17-13-16-24-66(47)79-67)46-25-31-57-56-22-14-15-23-58(56)72(5,6)59(57)40-46)62-42-54(74(51-18-9-7-10-19-51)52-20-11-8-12-21-52)30-32-60(62)73(70)61-43-68-69(78-34-33-77-68)44-63(61)75(64)53-28-26-50(27-29-53)71(2,3)4/h7-32,35-44H,33-34H2,1-6H3. The first-order chi connectivity index (χ1) is 38.4. The highest BCUT2D eigenvalue weighted by Gasteiger charge is 2.45. The highest BCUT2D eigenvalue weighted by molar-refractivity contribution is 7.00. The van der Waals surface area contributed by atoms with Gasteiger partial charge in [0.1, 0.15) is 24.6 Å². The Morgan fingerprint density at radius 1 is 0.481 bits per heavy atom. The van der Waals surface area contributed by atoms with Crippen LogP contribution in [0.3, 0.4) is 0 Å². The predicted molar refractivity (Wildman–Crippen MR) is 328 cm³/mol. The maximum Gasteiger partial charge on any atom is 0.252 e. The van der Waals surface area contributed by atoms with Crippen molar-refractivity contribution in [2.75, 3.05) is 27.9 Å². The van der Waals surface area contributed by atoms with E-state index >= 15 is 0 Å². The Balaban J connectivity index is 1.02. The molecule has 0 unspecified atom stereocenters. The van der Waals surface area contributed by atoms with Crippen molar-refractivity contribution in [3.8, 4) is 45.1 Å². The number of furan rings is 1. The molecule has 0 spiro atoms. The molecule has 4 heterocycles. The normalized spacial score (nSPS) is 14.3. The second kappa shape index (κ2) is 17.7. The van der Waals surface area contributed by atoms with Gasteiger partial charge in [0, 0.05) is 73.6 Å². The minimum Gasteiger partial charge on any atom is -0.486 e. The van der Waals surface area contributed by atoms with Gasteiger partial charge in [-0.2, -0.15) is 0 Å². The summed E-state index contributed by atoms with van der Waals surface area (Å²) in [7, 11) is 0. The molecular formula is C72H58BN3O3. The lowest BCUT2D eigenvalue weighted by molar-refractivity contribution is 0.172. The molecule has 11 aromatic rings. The number of anilines is 9. The largest absolute Gasteiger partial charge is 0.486 e. The third kappa shape index (κ3) is 7.54. The Morgan fingerprint density at radius 2 is 1.11 bits per heavy atom. The Kier molecular flexibility index (Phi) is 10.5. The Hall–Kier alpha value is -9.20. The van der Waals surface area contributed by atoms with E-state index in [9.17, 15) is 0 Å². The minimum absolute atomic E-state index is 0.00733. The first-order valence-corrected chi connectivity index (χ1v) is 27.7. The van der Waals surface area contributed by atoms with E-state index in [4.69, 9.17) is 13.9 Å². The fourth-order valence-corrected chi connectivity index (χ4v) is 13.1. The molecule has 6 nitrogen and oxygen atoms in total. The fraction of sp³-hybridized carbons (Fsp3) is 0.139. The van der Waals surface area contributed by atoms with Crippen LogP contribution in [0.1, 0.15) is 56.9 Å². The summed E-state index contributed by atoms with van der Waals surface area (Å²) >= 11 is 0. The second-order valence-corrected chi connectivity index (χ2v) is 23.3. The van der Waals surface area contributed by atoms with E-state index in [0.29, 0.717) is 13.2 Å². The third-order valence-electron chi connectivity index (χ3n) is 16.9.